The fourth-order valence-corrected chi connectivity index (χ4v) is 21.0. The largest absolute Gasteiger partial charge is 0.310 e. The zero-order valence-corrected chi connectivity index (χ0v) is 36.0. The number of nitrogens with zero attached hydrogens (tertiary/aromatic N) is 3. The summed E-state index contributed by atoms with van der Waals surface area (Å²) in [5.74, 6) is 0.887. The topological polar surface area (TPSA) is 19.4 Å². The van der Waals surface area contributed by atoms with Crippen LogP contribution in [0.4, 0.5) is 34.3 Å². The molecular formula is C57H41N3Si2. The molecule has 3 nitrogen and oxygen atoms in total. The molecule has 10 aromatic rings. The molecule has 0 amide bonds. The fraction of sp³-hybridized carbons (Fsp3) is 0. The summed E-state index contributed by atoms with van der Waals surface area (Å²) in [7, 11) is -5.60. The first-order valence-corrected chi connectivity index (χ1v) is 25.4. The van der Waals surface area contributed by atoms with Gasteiger partial charge in [-0.1, -0.05) is 212 Å². The van der Waals surface area contributed by atoms with Crippen LogP contribution in [0.1, 0.15) is 0 Å². The van der Waals surface area contributed by atoms with Crippen molar-refractivity contribution in [3.63, 3.8) is 0 Å². The number of anilines is 6. The van der Waals surface area contributed by atoms with Gasteiger partial charge in [0.1, 0.15) is 5.82 Å². The van der Waals surface area contributed by atoms with E-state index in [0.717, 1.165) is 22.4 Å². The normalized spacial score (nSPS) is 14.3. The lowest BCUT2D eigenvalue weighted by atomic mass is 10.1. The molecule has 62 heavy (non-hydrogen) atoms. The number of benzene rings is 9. The van der Waals surface area contributed by atoms with Crippen molar-refractivity contribution < 1.29 is 0 Å². The summed E-state index contributed by atoms with van der Waals surface area (Å²) >= 11 is 0. The predicted octanol–water partition coefficient (Wildman–Crippen LogP) is 8.56. The van der Waals surface area contributed by atoms with Gasteiger partial charge in [-0.15, -0.1) is 0 Å². The first kappa shape index (κ1) is 36.3. The molecule has 2 aliphatic heterocycles. The van der Waals surface area contributed by atoms with Crippen molar-refractivity contribution in [3.8, 4) is 0 Å². The smallest absolute Gasteiger partial charge is 0.184 e. The molecule has 0 radical (unpaired) electrons. The van der Waals surface area contributed by atoms with Crippen molar-refractivity contribution in [2.24, 2.45) is 0 Å². The molecule has 0 fully saturated rings. The number of para-hydroxylation sites is 5. The van der Waals surface area contributed by atoms with Crippen LogP contribution in [-0.2, 0) is 0 Å². The van der Waals surface area contributed by atoms with Crippen molar-refractivity contribution in [1.29, 1.82) is 0 Å². The Hall–Kier alpha value is -7.58. The van der Waals surface area contributed by atoms with Gasteiger partial charge in [0.25, 0.3) is 0 Å². The van der Waals surface area contributed by atoms with Gasteiger partial charge in [0.15, 0.2) is 16.1 Å². The maximum Gasteiger partial charge on any atom is 0.184 e. The van der Waals surface area contributed by atoms with Crippen molar-refractivity contribution in [1.82, 2.24) is 4.98 Å². The molecule has 0 N–H and O–H groups in total. The Morgan fingerprint density at radius 3 is 0.968 bits per heavy atom. The third-order valence-corrected chi connectivity index (χ3v) is 22.9. The molecular weight excluding hydrogens is 783 g/mol. The minimum atomic E-state index is -2.80. The number of hydrogen-bond acceptors (Lipinski definition) is 3. The van der Waals surface area contributed by atoms with Crippen molar-refractivity contribution in [2.45, 2.75) is 0 Å². The minimum absolute atomic E-state index is 0.887. The van der Waals surface area contributed by atoms with Gasteiger partial charge in [0.05, 0.1) is 11.2 Å². The van der Waals surface area contributed by atoms with Crippen molar-refractivity contribution in [3.05, 3.63) is 249 Å². The number of aromatic nitrogens is 1. The molecule has 0 bridgehead atoms. The lowest BCUT2D eigenvalue weighted by Gasteiger charge is -2.46. The van der Waals surface area contributed by atoms with Crippen molar-refractivity contribution in [2.75, 3.05) is 9.80 Å². The summed E-state index contributed by atoms with van der Waals surface area (Å²) in [6, 6.07) is 92.4. The Balaban J connectivity index is 1.14. The minimum Gasteiger partial charge on any atom is -0.310 e. The lowest BCUT2D eigenvalue weighted by Crippen LogP contribution is -2.77. The Kier molecular flexibility index (Phi) is 8.52. The van der Waals surface area contributed by atoms with Crippen LogP contribution in [0.25, 0.3) is 10.9 Å². The quantitative estimate of drug-likeness (QED) is 0.157. The second-order valence-corrected chi connectivity index (χ2v) is 23.7. The second kappa shape index (κ2) is 14.6. The Morgan fingerprint density at radius 1 is 0.274 bits per heavy atom. The van der Waals surface area contributed by atoms with E-state index in [9.17, 15) is 0 Å². The van der Waals surface area contributed by atoms with Crippen LogP contribution < -0.4 is 51.3 Å². The molecule has 12 rings (SSSR count). The first-order valence-electron chi connectivity index (χ1n) is 21.4. The molecule has 0 saturated carbocycles. The number of pyridine rings is 1. The van der Waals surface area contributed by atoms with E-state index >= 15 is 0 Å². The fourth-order valence-electron chi connectivity index (χ4n) is 10.8. The summed E-state index contributed by atoms with van der Waals surface area (Å²) in [5.41, 5.74) is 6.78. The highest BCUT2D eigenvalue weighted by atomic mass is 28.3. The van der Waals surface area contributed by atoms with E-state index in [0.29, 0.717) is 0 Å². The SMILES string of the molecule is c1ccc([Si]2(c3ccccc3)c3ccccc3N(c3cc(N4c5ccccc5[Si](c5ccccc5)(c5ccccc5)c5ccccc54)c4ccccc4n3)c3ccccc32)cc1. The van der Waals surface area contributed by atoms with Gasteiger partial charge >= 0.3 is 0 Å². The highest BCUT2D eigenvalue weighted by Crippen LogP contribution is 2.45. The van der Waals surface area contributed by atoms with Gasteiger partial charge < -0.3 is 4.90 Å². The zero-order chi connectivity index (χ0) is 41.1. The maximum atomic E-state index is 5.60. The highest BCUT2D eigenvalue weighted by molar-refractivity contribution is 7.22. The number of fused-ring (bicyclic) bond motifs is 5. The number of hydrogen-bond donors (Lipinski definition) is 0. The van der Waals surface area contributed by atoms with Crippen LogP contribution in [0.2, 0.25) is 0 Å². The Morgan fingerprint density at radius 2 is 0.581 bits per heavy atom. The summed E-state index contributed by atoms with van der Waals surface area (Å²) < 4.78 is 0. The zero-order valence-electron chi connectivity index (χ0n) is 34.0. The van der Waals surface area contributed by atoms with Crippen LogP contribution >= 0.6 is 0 Å². The molecule has 5 heteroatoms. The van der Waals surface area contributed by atoms with Crippen LogP contribution in [0.5, 0.6) is 0 Å². The molecule has 9 aromatic carbocycles. The summed E-state index contributed by atoms with van der Waals surface area (Å²) in [5, 5.41) is 12.0. The summed E-state index contributed by atoms with van der Waals surface area (Å²) in [6.07, 6.45) is 0. The van der Waals surface area contributed by atoms with Crippen LogP contribution in [0, 0.1) is 0 Å². The predicted molar refractivity (Wildman–Crippen MR) is 265 cm³/mol. The van der Waals surface area contributed by atoms with Gasteiger partial charge in [-0.25, -0.2) is 4.98 Å². The standard InChI is InChI=1S/C57H41N3Si2/c1-5-23-42(24-6-1)61(43-25-7-2-8-26-43)53-37-19-15-33-48(53)59(49-34-16-20-38-54(49)61)52-41-57(58-47-32-14-13-31-46(47)52)60-50-35-17-21-39-55(50)62(44-27-9-3-10-28-44,45-29-11-4-12-30-45)56-40-22-18-36-51(56)60/h1-41H. The molecule has 0 spiro atoms. The van der Waals surface area contributed by atoms with E-state index in [1.807, 2.05) is 0 Å². The van der Waals surface area contributed by atoms with E-state index in [4.69, 9.17) is 4.98 Å². The third-order valence-electron chi connectivity index (χ3n) is 13.2. The first-order chi connectivity index (χ1) is 30.8. The van der Waals surface area contributed by atoms with E-state index < -0.39 is 16.1 Å². The van der Waals surface area contributed by atoms with Gasteiger partial charge in [-0.05, 0) is 71.8 Å². The van der Waals surface area contributed by atoms with E-state index in [2.05, 4.69) is 259 Å². The molecule has 0 saturated heterocycles. The molecule has 0 aliphatic carbocycles. The molecule has 292 valence electrons. The summed E-state index contributed by atoms with van der Waals surface area (Å²) in [4.78, 5) is 10.6. The molecule has 0 atom stereocenters. The van der Waals surface area contributed by atoms with Gasteiger partial charge in [-0.2, -0.15) is 0 Å². The van der Waals surface area contributed by atoms with Gasteiger partial charge in [0.2, 0.25) is 0 Å². The van der Waals surface area contributed by atoms with E-state index in [1.165, 1.54) is 64.2 Å². The Labute approximate surface area is 364 Å². The molecule has 0 unspecified atom stereocenters. The monoisotopic (exact) mass is 823 g/mol. The van der Waals surface area contributed by atoms with Crippen LogP contribution in [0.3, 0.4) is 0 Å². The van der Waals surface area contributed by atoms with Crippen LogP contribution in [0.15, 0.2) is 249 Å². The lowest BCUT2D eigenvalue weighted by molar-refractivity contribution is 1.20. The molecule has 2 aliphatic rings. The van der Waals surface area contributed by atoms with E-state index in [1.54, 1.807) is 0 Å². The maximum absolute atomic E-state index is 5.60. The van der Waals surface area contributed by atoms with Crippen LogP contribution in [-0.4, -0.2) is 21.1 Å². The van der Waals surface area contributed by atoms with E-state index in [-0.39, 0.29) is 0 Å². The average molecular weight is 824 g/mol. The average Bonchev–Trinajstić information content (AvgIpc) is 3.35. The second-order valence-electron chi connectivity index (χ2n) is 16.2. The van der Waals surface area contributed by atoms with Crippen molar-refractivity contribution >= 4 is 103 Å². The highest BCUT2D eigenvalue weighted by Gasteiger charge is 2.50. The van der Waals surface area contributed by atoms with Gasteiger partial charge in [-0.3, -0.25) is 4.90 Å². The number of rotatable bonds is 6. The summed E-state index contributed by atoms with van der Waals surface area (Å²) in [6.45, 7) is 0. The third kappa shape index (κ3) is 5.19. The molecule has 1 aromatic heterocycles. The van der Waals surface area contributed by atoms with Gasteiger partial charge in [0, 0.05) is 34.2 Å². The molecule has 3 heterocycles. The Bertz CT molecular complexity index is 3090.